The van der Waals surface area contributed by atoms with Crippen molar-refractivity contribution in [3.8, 4) is 23.3 Å². The van der Waals surface area contributed by atoms with Crippen molar-refractivity contribution in [3.63, 3.8) is 0 Å². The van der Waals surface area contributed by atoms with E-state index < -0.39 is 10.9 Å². The molecule has 0 saturated heterocycles. The van der Waals surface area contributed by atoms with E-state index in [0.29, 0.717) is 23.5 Å². The van der Waals surface area contributed by atoms with Gasteiger partial charge in [-0.25, -0.2) is 4.79 Å². The van der Waals surface area contributed by atoms with Gasteiger partial charge in [0.15, 0.2) is 0 Å². The molecule has 0 bridgehead atoms. The van der Waals surface area contributed by atoms with Gasteiger partial charge in [-0.2, -0.15) is 5.26 Å². The molecule has 0 aromatic heterocycles. The summed E-state index contributed by atoms with van der Waals surface area (Å²) in [6.07, 6.45) is 0. The number of nitrogens with zero attached hydrogens (tertiary/aromatic N) is 2. The zero-order chi connectivity index (χ0) is 24.7. The van der Waals surface area contributed by atoms with Crippen molar-refractivity contribution in [2.75, 3.05) is 7.11 Å². The Morgan fingerprint density at radius 1 is 1.12 bits per heavy atom. The summed E-state index contributed by atoms with van der Waals surface area (Å²) in [5.41, 5.74) is -0.00640. The summed E-state index contributed by atoms with van der Waals surface area (Å²) in [5, 5.41) is 29.5. The van der Waals surface area contributed by atoms with Gasteiger partial charge in [0.1, 0.15) is 22.8 Å². The number of nitro benzene ring substituents is 1. The van der Waals surface area contributed by atoms with Crippen LogP contribution in [0.25, 0.3) is 0 Å². The smallest absolute Gasteiger partial charge is 0.345 e. The van der Waals surface area contributed by atoms with Crippen LogP contribution in [0.3, 0.4) is 0 Å². The van der Waals surface area contributed by atoms with Crippen LogP contribution in [0.2, 0.25) is 10.0 Å². The van der Waals surface area contributed by atoms with Crippen molar-refractivity contribution >= 4 is 80.0 Å². The Balaban J connectivity index is 0.000000294. The molecule has 0 atom stereocenters. The predicted octanol–water partition coefficient (Wildman–Crippen LogP) is 6.95. The van der Waals surface area contributed by atoms with E-state index in [1.807, 2.05) is 51.3 Å². The second kappa shape index (κ2) is 12.2. The van der Waals surface area contributed by atoms with Gasteiger partial charge in [-0.05, 0) is 81.6 Å². The Kier molecular flexibility index (Phi) is 9.96. The normalized spacial score (nSPS) is 9.82. The third-order valence-corrected chi connectivity index (χ3v) is 6.01. The van der Waals surface area contributed by atoms with Gasteiger partial charge in [0.25, 0.3) is 5.69 Å². The second-order valence-corrected chi connectivity index (χ2v) is 9.17. The summed E-state index contributed by atoms with van der Waals surface area (Å²) >= 11 is 15.8. The largest absolute Gasteiger partial charge is 0.506 e. The summed E-state index contributed by atoms with van der Waals surface area (Å²) < 4.78 is 11.5. The third kappa shape index (κ3) is 7.32. The SMILES string of the molecule is COC(=O)c1cc(Oc2ccc(Cl)cc2Cl)ccc1[N+](=O)[O-].N#Cc1cc(I)c(O)c(I)c1. The molecule has 0 saturated carbocycles. The van der Waals surface area contributed by atoms with Crippen LogP contribution in [0.5, 0.6) is 17.2 Å². The maximum absolute atomic E-state index is 11.6. The summed E-state index contributed by atoms with van der Waals surface area (Å²) in [6.45, 7) is 0. The van der Waals surface area contributed by atoms with E-state index in [2.05, 4.69) is 4.74 Å². The molecule has 0 unspecified atom stereocenters. The number of phenolic OH excluding ortho intramolecular Hbond substituents is 1. The first kappa shape index (κ1) is 26.9. The van der Waals surface area contributed by atoms with Crippen molar-refractivity contribution in [1.82, 2.24) is 0 Å². The zero-order valence-electron chi connectivity index (χ0n) is 16.5. The molecule has 0 aliphatic rings. The Labute approximate surface area is 225 Å². The number of phenols is 1. The van der Waals surface area contributed by atoms with Gasteiger partial charge >= 0.3 is 5.97 Å². The number of halogens is 4. The number of nitro groups is 1. The number of benzene rings is 3. The highest BCUT2D eigenvalue weighted by atomic mass is 127. The van der Waals surface area contributed by atoms with Crippen molar-refractivity contribution in [1.29, 1.82) is 5.26 Å². The van der Waals surface area contributed by atoms with Crippen molar-refractivity contribution in [2.45, 2.75) is 0 Å². The fraction of sp³-hybridized carbons (Fsp3) is 0.0476. The molecule has 12 heteroatoms. The van der Waals surface area contributed by atoms with Crippen molar-refractivity contribution in [3.05, 3.63) is 87.0 Å². The Morgan fingerprint density at radius 2 is 1.76 bits per heavy atom. The van der Waals surface area contributed by atoms with Crippen LogP contribution in [0, 0.1) is 28.6 Å². The third-order valence-electron chi connectivity index (χ3n) is 3.84. The van der Waals surface area contributed by atoms with Crippen LogP contribution in [-0.2, 0) is 4.74 Å². The molecule has 170 valence electrons. The number of esters is 1. The Bertz CT molecular complexity index is 1240. The monoisotopic (exact) mass is 712 g/mol. The molecule has 3 aromatic carbocycles. The molecule has 0 amide bonds. The van der Waals surface area contributed by atoms with Crippen LogP contribution < -0.4 is 4.74 Å². The summed E-state index contributed by atoms with van der Waals surface area (Å²) in [7, 11) is 1.13. The van der Waals surface area contributed by atoms with Crippen LogP contribution >= 0.6 is 68.4 Å². The van der Waals surface area contributed by atoms with Gasteiger partial charge in [0.2, 0.25) is 0 Å². The highest BCUT2D eigenvalue weighted by Gasteiger charge is 2.22. The van der Waals surface area contributed by atoms with E-state index in [1.165, 1.54) is 18.2 Å². The summed E-state index contributed by atoms with van der Waals surface area (Å²) in [6, 6.07) is 13.7. The molecule has 33 heavy (non-hydrogen) atoms. The molecule has 1 N–H and O–H groups in total. The molecule has 8 nitrogen and oxygen atoms in total. The lowest BCUT2D eigenvalue weighted by molar-refractivity contribution is -0.385. The van der Waals surface area contributed by atoms with Crippen LogP contribution in [0.1, 0.15) is 15.9 Å². The minimum atomic E-state index is -0.834. The van der Waals surface area contributed by atoms with E-state index >= 15 is 0 Å². The standard InChI is InChI=1S/C14H9Cl2NO5.C7H3I2NO/c1-21-14(18)10-7-9(3-4-12(10)17(19)20)22-13-5-2-8(15)6-11(13)16;8-5-1-4(3-10)2-6(9)7(5)11/h2-7H,1H3;1-2,11H. The second-order valence-electron chi connectivity index (χ2n) is 6.00. The molecule has 3 aromatic rings. The molecule has 0 aliphatic carbocycles. The topological polar surface area (TPSA) is 123 Å². The van der Waals surface area contributed by atoms with Crippen LogP contribution in [0.4, 0.5) is 5.69 Å². The number of aromatic hydroxyl groups is 1. The lowest BCUT2D eigenvalue weighted by Gasteiger charge is -2.09. The van der Waals surface area contributed by atoms with E-state index in [4.69, 9.17) is 33.2 Å². The maximum Gasteiger partial charge on any atom is 0.345 e. The van der Waals surface area contributed by atoms with E-state index in [1.54, 1.807) is 24.3 Å². The number of hydrogen-bond acceptors (Lipinski definition) is 7. The van der Waals surface area contributed by atoms with E-state index in [-0.39, 0.29) is 27.8 Å². The van der Waals surface area contributed by atoms with Gasteiger partial charge in [-0.1, -0.05) is 23.2 Å². The van der Waals surface area contributed by atoms with Gasteiger partial charge in [0, 0.05) is 17.2 Å². The van der Waals surface area contributed by atoms with Crippen molar-refractivity contribution in [2.24, 2.45) is 0 Å². The highest BCUT2D eigenvalue weighted by molar-refractivity contribution is 14.1. The first-order valence-electron chi connectivity index (χ1n) is 8.65. The number of hydrogen-bond donors (Lipinski definition) is 1. The molecule has 0 aliphatic heterocycles. The van der Waals surface area contributed by atoms with Crippen LogP contribution in [-0.4, -0.2) is 23.1 Å². The molecular weight excluding hydrogens is 701 g/mol. The first-order valence-corrected chi connectivity index (χ1v) is 11.6. The lowest BCUT2D eigenvalue weighted by atomic mass is 10.1. The summed E-state index contributed by atoms with van der Waals surface area (Å²) in [4.78, 5) is 21.9. The van der Waals surface area contributed by atoms with E-state index in [0.717, 1.165) is 13.2 Å². The summed E-state index contributed by atoms with van der Waals surface area (Å²) in [5.74, 6) is -0.0736. The lowest BCUT2D eigenvalue weighted by Crippen LogP contribution is -2.05. The first-order chi connectivity index (χ1) is 15.6. The number of nitriles is 1. The average molecular weight is 713 g/mol. The zero-order valence-corrected chi connectivity index (χ0v) is 22.3. The molecule has 0 radical (unpaired) electrons. The maximum atomic E-state index is 11.6. The van der Waals surface area contributed by atoms with Gasteiger partial charge < -0.3 is 14.6 Å². The fourth-order valence-electron chi connectivity index (χ4n) is 2.33. The van der Waals surface area contributed by atoms with Crippen molar-refractivity contribution < 1.29 is 24.3 Å². The van der Waals surface area contributed by atoms with Gasteiger partial charge in [-0.3, -0.25) is 10.1 Å². The highest BCUT2D eigenvalue weighted by Crippen LogP contribution is 2.33. The number of carbonyl (C=O) groups excluding carboxylic acids is 1. The molecule has 0 heterocycles. The minimum Gasteiger partial charge on any atom is -0.506 e. The number of carbonyl (C=O) groups is 1. The number of rotatable bonds is 4. The van der Waals surface area contributed by atoms with E-state index in [9.17, 15) is 20.0 Å². The average Bonchev–Trinajstić information content (AvgIpc) is 2.78. The molecular formula is C21H12Cl2I2N2O6. The van der Waals surface area contributed by atoms with Gasteiger partial charge in [-0.15, -0.1) is 0 Å². The van der Waals surface area contributed by atoms with Crippen LogP contribution in [0.15, 0.2) is 48.5 Å². The molecule has 0 fully saturated rings. The van der Waals surface area contributed by atoms with Gasteiger partial charge in [0.05, 0.1) is 35.8 Å². The predicted molar refractivity (Wildman–Crippen MR) is 139 cm³/mol. The molecule has 0 spiro atoms. The molecule has 3 rings (SSSR count). The Morgan fingerprint density at radius 3 is 2.27 bits per heavy atom. The quantitative estimate of drug-likeness (QED) is 0.134. The minimum absolute atomic E-state index is 0.204. The number of methoxy groups -OCH3 is 1. The Hall–Kier alpha value is -2.34. The number of ether oxygens (including phenoxy) is 2. The fourth-order valence-corrected chi connectivity index (χ4v) is 4.54.